The van der Waals surface area contributed by atoms with Crippen LogP contribution in [0.3, 0.4) is 0 Å². The monoisotopic (exact) mass is 225 g/mol. The van der Waals surface area contributed by atoms with Gasteiger partial charge in [-0.1, -0.05) is 28.1 Å². The van der Waals surface area contributed by atoms with Crippen molar-refractivity contribution in [1.29, 1.82) is 0 Å². The summed E-state index contributed by atoms with van der Waals surface area (Å²) in [5.41, 5.74) is 7.02. The maximum Gasteiger partial charge on any atom is 0.0175 e. The fourth-order valence-electron chi connectivity index (χ4n) is 1.63. The second-order valence-electron chi connectivity index (χ2n) is 3.39. The lowest BCUT2D eigenvalue weighted by atomic mass is 10.1. The van der Waals surface area contributed by atoms with Gasteiger partial charge < -0.3 is 5.73 Å². The Morgan fingerprint density at radius 2 is 2.00 bits per heavy atom. The Kier molecular flexibility index (Phi) is 2.20. The summed E-state index contributed by atoms with van der Waals surface area (Å²) < 4.78 is 1.15. The summed E-state index contributed by atoms with van der Waals surface area (Å²) >= 11 is 3.42. The van der Waals surface area contributed by atoms with Gasteiger partial charge in [-0.2, -0.15) is 0 Å². The van der Waals surface area contributed by atoms with Crippen molar-refractivity contribution in [1.82, 2.24) is 0 Å². The van der Waals surface area contributed by atoms with E-state index in [1.165, 1.54) is 12.0 Å². The van der Waals surface area contributed by atoms with Gasteiger partial charge in [-0.05, 0) is 42.5 Å². The lowest BCUT2D eigenvalue weighted by Gasteiger charge is -1.98. The summed E-state index contributed by atoms with van der Waals surface area (Å²) in [6, 6.07) is 8.57. The molecular formula is C10H12BrN. The molecule has 1 nitrogen and oxygen atoms in total. The quantitative estimate of drug-likeness (QED) is 0.823. The normalized spacial score (nSPS) is 27.2. The number of benzene rings is 1. The average Bonchev–Trinajstić information content (AvgIpc) is 2.85. The van der Waals surface area contributed by atoms with Crippen LogP contribution in [-0.4, -0.2) is 6.54 Å². The highest BCUT2D eigenvalue weighted by atomic mass is 79.9. The molecule has 2 N–H and O–H groups in total. The first kappa shape index (κ1) is 8.27. The van der Waals surface area contributed by atoms with E-state index < -0.39 is 0 Å². The fourth-order valence-corrected chi connectivity index (χ4v) is 1.89. The van der Waals surface area contributed by atoms with E-state index in [2.05, 4.69) is 40.2 Å². The van der Waals surface area contributed by atoms with Gasteiger partial charge in [0.15, 0.2) is 0 Å². The first-order chi connectivity index (χ1) is 5.81. The number of nitrogens with two attached hydrogens (primary N) is 1. The summed E-state index contributed by atoms with van der Waals surface area (Å²) in [7, 11) is 0. The molecule has 2 heteroatoms. The number of rotatable bonds is 2. The highest BCUT2D eigenvalue weighted by Gasteiger charge is 2.36. The average molecular weight is 226 g/mol. The lowest BCUT2D eigenvalue weighted by Crippen LogP contribution is -2.01. The van der Waals surface area contributed by atoms with E-state index in [4.69, 9.17) is 5.73 Å². The van der Waals surface area contributed by atoms with Gasteiger partial charge in [0.2, 0.25) is 0 Å². The minimum atomic E-state index is 0.739. The van der Waals surface area contributed by atoms with E-state index in [1.807, 2.05) is 0 Å². The molecule has 0 amide bonds. The topological polar surface area (TPSA) is 26.0 Å². The van der Waals surface area contributed by atoms with Crippen molar-refractivity contribution in [3.8, 4) is 0 Å². The van der Waals surface area contributed by atoms with Crippen LogP contribution in [0.2, 0.25) is 0 Å². The van der Waals surface area contributed by atoms with Crippen LogP contribution in [0.25, 0.3) is 0 Å². The number of hydrogen-bond acceptors (Lipinski definition) is 1. The van der Waals surface area contributed by atoms with Gasteiger partial charge in [-0.25, -0.2) is 0 Å². The van der Waals surface area contributed by atoms with Crippen LogP contribution in [0.15, 0.2) is 28.7 Å². The molecule has 0 heterocycles. The Morgan fingerprint density at radius 3 is 2.50 bits per heavy atom. The minimum Gasteiger partial charge on any atom is -0.330 e. The van der Waals surface area contributed by atoms with Crippen LogP contribution in [0.4, 0.5) is 0 Å². The molecule has 2 atom stereocenters. The Morgan fingerprint density at radius 1 is 1.33 bits per heavy atom. The fraction of sp³-hybridized carbons (Fsp3) is 0.400. The van der Waals surface area contributed by atoms with Gasteiger partial charge in [0.25, 0.3) is 0 Å². The van der Waals surface area contributed by atoms with E-state index in [0.717, 1.165) is 22.9 Å². The zero-order valence-electron chi connectivity index (χ0n) is 6.83. The molecule has 0 bridgehead atoms. The zero-order valence-corrected chi connectivity index (χ0v) is 8.42. The first-order valence-corrected chi connectivity index (χ1v) is 5.06. The summed E-state index contributed by atoms with van der Waals surface area (Å²) in [5, 5.41) is 0. The van der Waals surface area contributed by atoms with E-state index in [0.29, 0.717) is 0 Å². The van der Waals surface area contributed by atoms with Crippen molar-refractivity contribution in [2.75, 3.05) is 6.54 Å². The van der Waals surface area contributed by atoms with E-state index in [-0.39, 0.29) is 0 Å². The van der Waals surface area contributed by atoms with Crippen molar-refractivity contribution < 1.29 is 0 Å². The first-order valence-electron chi connectivity index (χ1n) is 4.27. The van der Waals surface area contributed by atoms with E-state index in [9.17, 15) is 0 Å². The Hall–Kier alpha value is -0.340. The Bertz CT molecular complexity index is 268. The molecule has 2 rings (SSSR count). The summed E-state index contributed by atoms with van der Waals surface area (Å²) in [5.74, 6) is 1.48. The number of hydrogen-bond donors (Lipinski definition) is 1. The third-order valence-corrected chi connectivity index (χ3v) is 3.05. The van der Waals surface area contributed by atoms with E-state index >= 15 is 0 Å². The van der Waals surface area contributed by atoms with Gasteiger partial charge in [0.05, 0.1) is 0 Å². The zero-order chi connectivity index (χ0) is 8.55. The molecule has 0 aromatic heterocycles. The minimum absolute atomic E-state index is 0.739. The van der Waals surface area contributed by atoms with Crippen molar-refractivity contribution in [3.05, 3.63) is 34.3 Å². The molecule has 1 aromatic carbocycles. The highest BCUT2D eigenvalue weighted by Crippen LogP contribution is 2.46. The maximum absolute atomic E-state index is 5.58. The Labute approximate surface area is 81.1 Å². The van der Waals surface area contributed by atoms with Gasteiger partial charge in [-0.3, -0.25) is 0 Å². The van der Waals surface area contributed by atoms with Crippen molar-refractivity contribution in [2.45, 2.75) is 12.3 Å². The standard InChI is InChI=1S/C10H12BrN/c11-9-3-1-7(2-4-9)10-5-8(10)6-12/h1-4,8,10H,5-6,12H2/t8-,10+/m1/s1. The van der Waals surface area contributed by atoms with Gasteiger partial charge in [0.1, 0.15) is 0 Å². The van der Waals surface area contributed by atoms with Crippen LogP contribution in [0, 0.1) is 5.92 Å². The highest BCUT2D eigenvalue weighted by molar-refractivity contribution is 9.10. The van der Waals surface area contributed by atoms with Crippen molar-refractivity contribution in [2.24, 2.45) is 11.7 Å². The van der Waals surface area contributed by atoms with Crippen LogP contribution in [-0.2, 0) is 0 Å². The predicted molar refractivity (Wildman–Crippen MR) is 54.0 cm³/mol. The second-order valence-corrected chi connectivity index (χ2v) is 4.31. The molecule has 1 aliphatic carbocycles. The van der Waals surface area contributed by atoms with Crippen LogP contribution in [0.1, 0.15) is 17.9 Å². The summed E-state index contributed by atoms with van der Waals surface area (Å²) in [4.78, 5) is 0. The second kappa shape index (κ2) is 3.19. The van der Waals surface area contributed by atoms with Gasteiger partial charge >= 0.3 is 0 Å². The van der Waals surface area contributed by atoms with Crippen LogP contribution >= 0.6 is 15.9 Å². The molecule has 64 valence electrons. The summed E-state index contributed by atoms with van der Waals surface area (Å²) in [6.45, 7) is 0.834. The number of halogens is 1. The molecular weight excluding hydrogens is 214 g/mol. The van der Waals surface area contributed by atoms with Crippen LogP contribution in [0.5, 0.6) is 0 Å². The lowest BCUT2D eigenvalue weighted by molar-refractivity contribution is 0.809. The predicted octanol–water partition coefficient (Wildman–Crippen LogP) is 2.51. The molecule has 0 radical (unpaired) electrons. The van der Waals surface area contributed by atoms with Gasteiger partial charge in [-0.15, -0.1) is 0 Å². The molecule has 1 aromatic rings. The molecule has 1 fully saturated rings. The molecule has 1 saturated carbocycles. The van der Waals surface area contributed by atoms with Gasteiger partial charge in [0, 0.05) is 4.47 Å². The smallest absolute Gasteiger partial charge is 0.0175 e. The third-order valence-electron chi connectivity index (χ3n) is 2.52. The molecule has 12 heavy (non-hydrogen) atoms. The molecule has 0 spiro atoms. The van der Waals surface area contributed by atoms with Crippen LogP contribution < -0.4 is 5.73 Å². The third kappa shape index (κ3) is 1.54. The van der Waals surface area contributed by atoms with E-state index in [1.54, 1.807) is 0 Å². The molecule has 0 saturated heterocycles. The van der Waals surface area contributed by atoms with Crippen molar-refractivity contribution in [3.63, 3.8) is 0 Å². The molecule has 0 aliphatic heterocycles. The molecule has 1 aliphatic rings. The Balaban J connectivity index is 2.10. The summed E-state index contributed by atoms with van der Waals surface area (Å²) in [6.07, 6.45) is 1.28. The SMILES string of the molecule is NC[C@H]1C[C@H]1c1ccc(Br)cc1. The van der Waals surface area contributed by atoms with Crippen molar-refractivity contribution >= 4 is 15.9 Å². The maximum atomic E-state index is 5.58. The largest absolute Gasteiger partial charge is 0.330 e. The molecule has 0 unspecified atom stereocenters.